The number of amides is 3. The molecule has 9 nitrogen and oxygen atoms in total. The molecular formula is C27H25ClN6O3S. The van der Waals surface area contributed by atoms with Gasteiger partial charge in [0.15, 0.2) is 0 Å². The molecule has 2 aliphatic rings. The van der Waals surface area contributed by atoms with Gasteiger partial charge in [-0.3, -0.25) is 14.7 Å². The third-order valence-corrected chi connectivity index (χ3v) is 7.31. The number of aliphatic imine (C=N–C) groups is 1. The minimum absolute atomic E-state index is 0.0540. The minimum atomic E-state index is -0.564. The first-order valence-corrected chi connectivity index (χ1v) is 13.4. The highest BCUT2D eigenvalue weighted by Crippen LogP contribution is 2.45. The second-order valence-electron chi connectivity index (χ2n) is 9.18. The average molecular weight is 549 g/mol. The van der Waals surface area contributed by atoms with Crippen LogP contribution in [0, 0.1) is 11.3 Å². The maximum absolute atomic E-state index is 14.2. The molecule has 0 unspecified atom stereocenters. The Kier molecular flexibility index (Phi) is 7.31. The zero-order valence-electron chi connectivity index (χ0n) is 20.8. The van der Waals surface area contributed by atoms with Crippen LogP contribution >= 0.6 is 22.9 Å². The van der Waals surface area contributed by atoms with Crippen LogP contribution in [0.3, 0.4) is 0 Å². The van der Waals surface area contributed by atoms with Crippen molar-refractivity contribution in [2.75, 3.05) is 19.6 Å². The third-order valence-electron chi connectivity index (χ3n) is 6.21. The molecule has 1 saturated heterocycles. The van der Waals surface area contributed by atoms with Gasteiger partial charge in [-0.1, -0.05) is 23.7 Å². The van der Waals surface area contributed by atoms with Crippen LogP contribution in [0.15, 0.2) is 59.0 Å². The third kappa shape index (κ3) is 5.08. The Morgan fingerprint density at radius 1 is 1.26 bits per heavy atom. The summed E-state index contributed by atoms with van der Waals surface area (Å²) < 4.78 is 6.10. The Morgan fingerprint density at radius 3 is 2.71 bits per heavy atom. The topological polar surface area (TPSA) is 111 Å². The number of urea groups is 1. The lowest BCUT2D eigenvalue weighted by atomic mass is 10.0. The standard InChI is InChI=1S/C27H25ClN6O3S/c1-16(2)37-21-13-17(14-29)3-8-20(21)25-32-23(18-4-6-19(28)7-5-18)24(26-31-10-12-38-26)34(25)27(36)33-11-9-30-22(35)15-33/h3-8,10,12-13,16,23-24H,9,11,15H2,1-2H3,(H,30,35)/t23-,24-/m0/s1. The molecule has 194 valence electrons. The molecule has 0 aliphatic carbocycles. The number of hydrogen-bond donors (Lipinski definition) is 1. The average Bonchev–Trinajstić information content (AvgIpc) is 3.56. The summed E-state index contributed by atoms with van der Waals surface area (Å²) in [5.74, 6) is 0.618. The van der Waals surface area contributed by atoms with Crippen molar-refractivity contribution in [2.24, 2.45) is 4.99 Å². The van der Waals surface area contributed by atoms with E-state index in [0.717, 1.165) is 5.56 Å². The van der Waals surface area contributed by atoms with Crippen molar-refractivity contribution >= 4 is 40.7 Å². The molecule has 0 saturated carbocycles. The van der Waals surface area contributed by atoms with Gasteiger partial charge in [-0.15, -0.1) is 11.3 Å². The second kappa shape index (κ2) is 10.8. The summed E-state index contributed by atoms with van der Waals surface area (Å²) in [5.41, 5.74) is 1.86. The lowest BCUT2D eigenvalue weighted by Crippen LogP contribution is -2.55. The number of nitrogens with zero attached hydrogens (tertiary/aromatic N) is 5. The number of carbonyl (C=O) groups is 2. The predicted molar refractivity (Wildman–Crippen MR) is 144 cm³/mol. The summed E-state index contributed by atoms with van der Waals surface area (Å²) in [6, 6.07) is 13.2. The van der Waals surface area contributed by atoms with E-state index in [-0.39, 0.29) is 24.6 Å². The number of piperazine rings is 1. The zero-order chi connectivity index (χ0) is 26.8. The molecule has 38 heavy (non-hydrogen) atoms. The quantitative estimate of drug-likeness (QED) is 0.503. The first-order valence-electron chi connectivity index (χ1n) is 12.1. The highest BCUT2D eigenvalue weighted by atomic mass is 35.5. The number of amidine groups is 1. The highest BCUT2D eigenvalue weighted by molar-refractivity contribution is 7.09. The summed E-state index contributed by atoms with van der Waals surface area (Å²) in [5, 5.41) is 15.4. The molecule has 1 aromatic heterocycles. The number of aromatic nitrogens is 1. The number of nitriles is 1. The van der Waals surface area contributed by atoms with Crippen molar-refractivity contribution in [3.8, 4) is 11.8 Å². The predicted octanol–water partition coefficient (Wildman–Crippen LogP) is 4.55. The molecule has 2 aromatic carbocycles. The smallest absolute Gasteiger partial charge is 0.326 e. The summed E-state index contributed by atoms with van der Waals surface area (Å²) >= 11 is 7.60. The van der Waals surface area contributed by atoms with Crippen molar-refractivity contribution in [2.45, 2.75) is 32.0 Å². The van der Waals surface area contributed by atoms with E-state index >= 15 is 0 Å². The van der Waals surface area contributed by atoms with E-state index in [4.69, 9.17) is 21.3 Å². The number of hydrogen-bond acceptors (Lipinski definition) is 7. The van der Waals surface area contributed by atoms with Gasteiger partial charge in [0, 0.05) is 29.7 Å². The Labute approximate surface area is 229 Å². The van der Waals surface area contributed by atoms with Gasteiger partial charge in [-0.25, -0.2) is 9.78 Å². The van der Waals surface area contributed by atoms with Gasteiger partial charge in [-0.05, 0) is 49.7 Å². The summed E-state index contributed by atoms with van der Waals surface area (Å²) in [4.78, 5) is 39.2. The fourth-order valence-electron chi connectivity index (χ4n) is 4.57. The number of carbonyl (C=O) groups excluding carboxylic acids is 2. The van der Waals surface area contributed by atoms with E-state index < -0.39 is 12.1 Å². The van der Waals surface area contributed by atoms with Crippen molar-refractivity contribution in [3.05, 3.63) is 80.8 Å². The Bertz CT molecular complexity index is 1420. The van der Waals surface area contributed by atoms with Crippen molar-refractivity contribution in [1.29, 1.82) is 5.26 Å². The van der Waals surface area contributed by atoms with Gasteiger partial charge < -0.3 is 15.0 Å². The maximum Gasteiger partial charge on any atom is 0.326 e. The highest BCUT2D eigenvalue weighted by Gasteiger charge is 2.46. The number of halogens is 1. The molecule has 1 N–H and O–H groups in total. The second-order valence-corrected chi connectivity index (χ2v) is 10.5. The van der Waals surface area contributed by atoms with E-state index in [1.54, 1.807) is 41.4 Å². The van der Waals surface area contributed by atoms with Crippen LogP contribution in [-0.2, 0) is 4.79 Å². The van der Waals surface area contributed by atoms with Crippen LogP contribution in [0.2, 0.25) is 5.02 Å². The van der Waals surface area contributed by atoms with Crippen LogP contribution < -0.4 is 10.1 Å². The summed E-state index contributed by atoms with van der Waals surface area (Å²) in [6.07, 6.45) is 1.52. The maximum atomic E-state index is 14.2. The Hall–Kier alpha value is -3.94. The minimum Gasteiger partial charge on any atom is -0.490 e. The fraction of sp³-hybridized carbons (Fsp3) is 0.296. The number of thiazole rings is 1. The molecule has 1 fully saturated rings. The lowest BCUT2D eigenvalue weighted by molar-refractivity contribution is -0.123. The van der Waals surface area contributed by atoms with Gasteiger partial charge >= 0.3 is 6.03 Å². The number of rotatable bonds is 5. The fourth-order valence-corrected chi connectivity index (χ4v) is 5.45. The summed E-state index contributed by atoms with van der Waals surface area (Å²) in [7, 11) is 0. The van der Waals surface area contributed by atoms with Crippen molar-refractivity contribution in [3.63, 3.8) is 0 Å². The molecule has 3 heterocycles. The molecule has 0 bridgehead atoms. The van der Waals surface area contributed by atoms with E-state index in [0.29, 0.717) is 45.8 Å². The van der Waals surface area contributed by atoms with E-state index in [1.165, 1.54) is 16.2 Å². The molecule has 0 spiro atoms. The SMILES string of the molecule is CC(C)Oc1cc(C#N)ccc1C1=N[C@@H](c2ccc(Cl)cc2)[C@@H](c2nccs2)N1C(=O)N1CCNC(=O)C1. The van der Waals surface area contributed by atoms with Gasteiger partial charge in [0.05, 0.1) is 23.3 Å². The molecule has 3 aromatic rings. The van der Waals surface area contributed by atoms with Gasteiger partial charge in [-0.2, -0.15) is 5.26 Å². The van der Waals surface area contributed by atoms with E-state index in [9.17, 15) is 14.9 Å². The number of nitrogens with one attached hydrogen (secondary N) is 1. The van der Waals surface area contributed by atoms with Gasteiger partial charge in [0.1, 0.15) is 35.2 Å². The number of ether oxygens (including phenoxy) is 1. The van der Waals surface area contributed by atoms with Crippen LogP contribution in [0.4, 0.5) is 4.79 Å². The monoisotopic (exact) mass is 548 g/mol. The molecule has 11 heteroatoms. The largest absolute Gasteiger partial charge is 0.490 e. The van der Waals surface area contributed by atoms with Gasteiger partial charge in [0.2, 0.25) is 5.91 Å². The Balaban J connectivity index is 1.69. The normalized spacial score (nSPS) is 19.2. The van der Waals surface area contributed by atoms with Crippen LogP contribution in [0.5, 0.6) is 5.75 Å². The molecule has 3 amide bonds. The number of benzene rings is 2. The Morgan fingerprint density at radius 2 is 2.05 bits per heavy atom. The van der Waals surface area contributed by atoms with Crippen molar-refractivity contribution in [1.82, 2.24) is 20.1 Å². The van der Waals surface area contributed by atoms with E-state index in [2.05, 4.69) is 16.4 Å². The van der Waals surface area contributed by atoms with Gasteiger partial charge in [0.25, 0.3) is 0 Å². The molecular weight excluding hydrogens is 524 g/mol. The van der Waals surface area contributed by atoms with Crippen LogP contribution in [-0.4, -0.2) is 58.3 Å². The molecule has 0 radical (unpaired) electrons. The van der Waals surface area contributed by atoms with Crippen molar-refractivity contribution < 1.29 is 14.3 Å². The van der Waals surface area contributed by atoms with E-state index in [1.807, 2.05) is 31.4 Å². The summed E-state index contributed by atoms with van der Waals surface area (Å²) in [6.45, 7) is 4.47. The molecule has 5 rings (SSSR count). The first kappa shape index (κ1) is 25.7. The van der Waals surface area contributed by atoms with Crippen LogP contribution in [0.1, 0.15) is 47.6 Å². The molecule has 2 aliphatic heterocycles. The van der Waals surface area contributed by atoms with Crippen LogP contribution in [0.25, 0.3) is 0 Å². The molecule has 2 atom stereocenters. The first-order chi connectivity index (χ1) is 18.4. The lowest BCUT2D eigenvalue weighted by Gasteiger charge is -2.35. The zero-order valence-corrected chi connectivity index (χ0v) is 22.4.